The number of carbonyl (C=O) groups excluding carboxylic acids is 1. The fourth-order valence-corrected chi connectivity index (χ4v) is 2.62. The molecule has 1 saturated carbocycles. The largest absolute Gasteiger partial charge is 0.461 e. The highest BCUT2D eigenvalue weighted by Gasteiger charge is 2.45. The van der Waals surface area contributed by atoms with Gasteiger partial charge in [0.2, 0.25) is 5.92 Å². The van der Waals surface area contributed by atoms with Crippen LogP contribution in [0.2, 0.25) is 0 Å². The number of nitrogens with one attached hydrogen (secondary N) is 1. The van der Waals surface area contributed by atoms with Crippen LogP contribution < -0.4 is 5.32 Å². The van der Waals surface area contributed by atoms with Gasteiger partial charge < -0.3 is 10.1 Å². The molecular weight excluding hydrogens is 316 g/mol. The normalized spacial score (nSPS) is 16.3. The van der Waals surface area contributed by atoms with Crippen molar-refractivity contribution in [3.8, 4) is 0 Å². The fourth-order valence-electron chi connectivity index (χ4n) is 2.62. The highest BCUT2D eigenvalue weighted by atomic mass is 19.3. The van der Waals surface area contributed by atoms with Crippen molar-refractivity contribution in [2.45, 2.75) is 31.6 Å². The zero-order valence-electron chi connectivity index (χ0n) is 13.1. The molecule has 126 valence electrons. The van der Waals surface area contributed by atoms with Crippen molar-refractivity contribution in [3.63, 3.8) is 0 Å². The summed E-state index contributed by atoms with van der Waals surface area (Å²) in [5, 5.41) is 3.05. The van der Waals surface area contributed by atoms with Gasteiger partial charge in [-0.1, -0.05) is 12.1 Å². The number of alkyl halides is 2. The quantitative estimate of drug-likeness (QED) is 0.841. The van der Waals surface area contributed by atoms with E-state index in [1.54, 1.807) is 6.92 Å². The molecule has 5 nitrogen and oxygen atoms in total. The maximum atomic E-state index is 13.0. The zero-order valence-corrected chi connectivity index (χ0v) is 13.1. The van der Waals surface area contributed by atoms with Crippen molar-refractivity contribution in [3.05, 3.63) is 47.9 Å². The van der Waals surface area contributed by atoms with Crippen LogP contribution in [0.1, 0.15) is 41.7 Å². The monoisotopic (exact) mass is 333 g/mol. The second kappa shape index (κ2) is 6.51. The Bertz CT molecular complexity index is 727. The highest BCUT2D eigenvalue weighted by molar-refractivity contribution is 5.86. The molecule has 0 spiro atoms. The van der Waals surface area contributed by atoms with Crippen molar-refractivity contribution in [2.24, 2.45) is 0 Å². The summed E-state index contributed by atoms with van der Waals surface area (Å²) >= 11 is 0. The van der Waals surface area contributed by atoms with Gasteiger partial charge in [-0.2, -0.15) is 0 Å². The second-order valence-corrected chi connectivity index (χ2v) is 5.72. The minimum Gasteiger partial charge on any atom is -0.461 e. The minimum absolute atomic E-state index is 0.107. The van der Waals surface area contributed by atoms with E-state index in [1.807, 2.05) is 24.3 Å². The first kappa shape index (κ1) is 16.3. The molecule has 0 bridgehead atoms. The van der Waals surface area contributed by atoms with E-state index >= 15 is 0 Å². The molecule has 2 aromatic rings. The molecule has 7 heteroatoms. The van der Waals surface area contributed by atoms with E-state index in [9.17, 15) is 13.6 Å². The average Bonchev–Trinajstić information content (AvgIpc) is 2.54. The minimum atomic E-state index is -2.54. The first-order valence-electron chi connectivity index (χ1n) is 7.71. The third-order valence-electron chi connectivity index (χ3n) is 3.86. The SMILES string of the molecule is CCOC(=O)c1cnc(Nc2cccc(C3CC(F)(F)C3)c2)cn1. The number of hydrogen-bond donors (Lipinski definition) is 1. The lowest BCUT2D eigenvalue weighted by Gasteiger charge is -2.35. The summed E-state index contributed by atoms with van der Waals surface area (Å²) in [6, 6.07) is 7.32. The molecule has 0 atom stereocenters. The molecule has 3 rings (SSSR count). The predicted octanol–water partition coefficient (Wildman–Crippen LogP) is 3.91. The molecule has 0 saturated heterocycles. The Morgan fingerprint density at radius 1 is 1.33 bits per heavy atom. The van der Waals surface area contributed by atoms with Gasteiger partial charge >= 0.3 is 5.97 Å². The van der Waals surface area contributed by atoms with Crippen LogP contribution >= 0.6 is 0 Å². The van der Waals surface area contributed by atoms with Crippen LogP contribution in [0, 0.1) is 0 Å². The van der Waals surface area contributed by atoms with Crippen molar-refractivity contribution < 1.29 is 18.3 Å². The summed E-state index contributed by atoms with van der Waals surface area (Å²) in [5.74, 6) is -2.72. The number of halogens is 2. The Morgan fingerprint density at radius 2 is 2.12 bits per heavy atom. The summed E-state index contributed by atoms with van der Waals surface area (Å²) in [5.41, 5.74) is 1.75. The molecule has 0 aliphatic heterocycles. The predicted molar refractivity (Wildman–Crippen MR) is 84.6 cm³/mol. The molecule has 1 aromatic heterocycles. The number of nitrogens with zero attached hydrogens (tertiary/aromatic N) is 2. The van der Waals surface area contributed by atoms with Gasteiger partial charge in [-0.05, 0) is 30.5 Å². The molecule has 1 fully saturated rings. The maximum absolute atomic E-state index is 13.0. The number of esters is 1. The van der Waals surface area contributed by atoms with Crippen LogP contribution in [-0.4, -0.2) is 28.5 Å². The Morgan fingerprint density at radius 3 is 2.75 bits per heavy atom. The maximum Gasteiger partial charge on any atom is 0.358 e. The third kappa shape index (κ3) is 3.67. The van der Waals surface area contributed by atoms with Gasteiger partial charge in [0.25, 0.3) is 0 Å². The molecule has 0 amide bonds. The standard InChI is InChI=1S/C17H17F2N3O2/c1-2-24-16(23)14-9-21-15(10-20-14)22-13-5-3-4-11(6-13)12-7-17(18,19)8-12/h3-6,9-10,12H,2,7-8H2,1H3,(H,21,22). The molecule has 1 aliphatic carbocycles. The van der Waals surface area contributed by atoms with Gasteiger partial charge in [-0.15, -0.1) is 0 Å². The van der Waals surface area contributed by atoms with E-state index in [0.29, 0.717) is 5.82 Å². The van der Waals surface area contributed by atoms with Crippen molar-refractivity contribution >= 4 is 17.5 Å². The summed E-state index contributed by atoms with van der Waals surface area (Å²) in [6.45, 7) is 1.99. The molecular formula is C17H17F2N3O2. The zero-order chi connectivity index (χ0) is 17.2. The van der Waals surface area contributed by atoms with Gasteiger partial charge in [0.15, 0.2) is 5.69 Å². The van der Waals surface area contributed by atoms with Crippen LogP contribution in [0.15, 0.2) is 36.7 Å². The van der Waals surface area contributed by atoms with Gasteiger partial charge in [0.05, 0.1) is 19.0 Å². The molecule has 0 unspecified atom stereocenters. The van der Waals surface area contributed by atoms with Crippen LogP contribution in [0.3, 0.4) is 0 Å². The summed E-state index contributed by atoms with van der Waals surface area (Å²) in [4.78, 5) is 19.6. The molecule has 24 heavy (non-hydrogen) atoms. The lowest BCUT2D eigenvalue weighted by atomic mass is 9.77. The van der Waals surface area contributed by atoms with Gasteiger partial charge in [0, 0.05) is 18.5 Å². The molecule has 1 aliphatic rings. The van der Waals surface area contributed by atoms with Crippen molar-refractivity contribution in [1.29, 1.82) is 0 Å². The second-order valence-electron chi connectivity index (χ2n) is 5.72. The Labute approximate surface area is 138 Å². The van der Waals surface area contributed by atoms with E-state index in [4.69, 9.17) is 4.74 Å². The Balaban J connectivity index is 1.67. The number of benzene rings is 1. The first-order chi connectivity index (χ1) is 11.5. The highest BCUT2D eigenvalue weighted by Crippen LogP contribution is 2.48. The number of carbonyl (C=O) groups is 1. The fraction of sp³-hybridized carbons (Fsp3) is 0.353. The lowest BCUT2D eigenvalue weighted by Crippen LogP contribution is -2.33. The molecule has 0 radical (unpaired) electrons. The van der Waals surface area contributed by atoms with Gasteiger partial charge in [0.1, 0.15) is 5.82 Å². The van der Waals surface area contributed by atoms with Crippen LogP contribution in [-0.2, 0) is 4.74 Å². The van der Waals surface area contributed by atoms with E-state index in [2.05, 4.69) is 15.3 Å². The number of anilines is 2. The number of rotatable bonds is 5. The smallest absolute Gasteiger partial charge is 0.358 e. The average molecular weight is 333 g/mol. The van der Waals surface area contributed by atoms with Gasteiger partial charge in [-0.25, -0.2) is 23.5 Å². The molecule has 1 heterocycles. The Hall–Kier alpha value is -2.57. The van der Waals surface area contributed by atoms with E-state index in [0.717, 1.165) is 11.3 Å². The van der Waals surface area contributed by atoms with Crippen LogP contribution in [0.5, 0.6) is 0 Å². The van der Waals surface area contributed by atoms with Crippen LogP contribution in [0.4, 0.5) is 20.3 Å². The number of ether oxygens (including phenoxy) is 1. The van der Waals surface area contributed by atoms with E-state index in [1.165, 1.54) is 12.4 Å². The Kier molecular flexibility index (Phi) is 4.42. The van der Waals surface area contributed by atoms with Crippen molar-refractivity contribution in [1.82, 2.24) is 9.97 Å². The van der Waals surface area contributed by atoms with Crippen LogP contribution in [0.25, 0.3) is 0 Å². The number of aromatic nitrogens is 2. The topological polar surface area (TPSA) is 64.1 Å². The summed E-state index contributed by atoms with van der Waals surface area (Å²) in [6.07, 6.45) is 2.54. The number of hydrogen-bond acceptors (Lipinski definition) is 5. The van der Waals surface area contributed by atoms with Gasteiger partial charge in [-0.3, -0.25) is 0 Å². The molecule has 1 N–H and O–H groups in total. The van der Waals surface area contributed by atoms with E-state index in [-0.39, 0.29) is 31.1 Å². The summed E-state index contributed by atoms with van der Waals surface area (Å²) < 4.78 is 30.9. The lowest BCUT2D eigenvalue weighted by molar-refractivity contribution is -0.0867. The summed E-state index contributed by atoms with van der Waals surface area (Å²) in [7, 11) is 0. The van der Waals surface area contributed by atoms with Crippen molar-refractivity contribution in [2.75, 3.05) is 11.9 Å². The molecule has 1 aromatic carbocycles. The third-order valence-corrected chi connectivity index (χ3v) is 3.86. The first-order valence-corrected chi connectivity index (χ1v) is 7.71. The van der Waals surface area contributed by atoms with E-state index < -0.39 is 11.9 Å².